The number of carbonyl (C=O) groups excluding carboxylic acids is 1. The monoisotopic (exact) mass is 420 g/mol. The van der Waals surface area contributed by atoms with Gasteiger partial charge in [-0.1, -0.05) is 64.1 Å². The Bertz CT molecular complexity index is 1100. The van der Waals surface area contributed by atoms with Crippen LogP contribution in [0.3, 0.4) is 0 Å². The highest BCUT2D eigenvalue weighted by Gasteiger charge is 2.18. The predicted octanol–water partition coefficient (Wildman–Crippen LogP) is 3.88. The molecule has 0 aliphatic rings. The molecule has 0 aliphatic carbocycles. The standard InChI is InChI=1S/C25H32N4O2/c1-5-17(4)18-10-12-19(13-11-18)24(16(2)3)27-14-23-28-21-9-7-6-8-20(21)25(31)29(23)15-22(26)30/h6-13,16-17,24,27H,5,14-15H2,1-4H3,(H2,26,30)/t17-,24+/m1/s1. The van der Waals surface area contributed by atoms with Crippen molar-refractivity contribution in [3.63, 3.8) is 0 Å². The van der Waals surface area contributed by atoms with Crippen LogP contribution in [-0.4, -0.2) is 15.5 Å². The van der Waals surface area contributed by atoms with Crippen molar-refractivity contribution >= 4 is 16.8 Å². The molecule has 3 aromatic rings. The summed E-state index contributed by atoms with van der Waals surface area (Å²) >= 11 is 0. The number of hydrogen-bond donors (Lipinski definition) is 2. The highest BCUT2D eigenvalue weighted by Crippen LogP contribution is 2.25. The van der Waals surface area contributed by atoms with E-state index in [1.54, 1.807) is 12.1 Å². The molecule has 1 heterocycles. The first-order chi connectivity index (χ1) is 14.8. The van der Waals surface area contributed by atoms with Crippen molar-refractivity contribution in [1.82, 2.24) is 14.9 Å². The van der Waals surface area contributed by atoms with Gasteiger partial charge in [-0.25, -0.2) is 4.98 Å². The highest BCUT2D eigenvalue weighted by atomic mass is 16.2. The van der Waals surface area contributed by atoms with Crippen molar-refractivity contribution in [3.05, 3.63) is 75.8 Å². The van der Waals surface area contributed by atoms with Gasteiger partial charge in [-0.15, -0.1) is 0 Å². The minimum atomic E-state index is -0.568. The summed E-state index contributed by atoms with van der Waals surface area (Å²) in [5.41, 5.74) is 8.29. The van der Waals surface area contributed by atoms with E-state index >= 15 is 0 Å². The van der Waals surface area contributed by atoms with Gasteiger partial charge in [-0.3, -0.25) is 14.2 Å². The lowest BCUT2D eigenvalue weighted by Gasteiger charge is -2.24. The number of aromatic nitrogens is 2. The lowest BCUT2D eigenvalue weighted by atomic mass is 9.92. The SMILES string of the molecule is CC[C@@H](C)c1ccc([C@@H](NCc2nc3ccccc3c(=O)n2CC(N)=O)C(C)C)cc1. The number of amides is 1. The Morgan fingerprint density at radius 3 is 2.32 bits per heavy atom. The van der Waals surface area contributed by atoms with E-state index in [1.807, 2.05) is 12.1 Å². The summed E-state index contributed by atoms with van der Waals surface area (Å²) in [6.07, 6.45) is 1.11. The Morgan fingerprint density at radius 1 is 1.06 bits per heavy atom. The topological polar surface area (TPSA) is 90.0 Å². The van der Waals surface area contributed by atoms with Gasteiger partial charge >= 0.3 is 0 Å². The lowest BCUT2D eigenvalue weighted by Crippen LogP contribution is -2.34. The van der Waals surface area contributed by atoms with E-state index in [9.17, 15) is 9.59 Å². The number of hydrogen-bond acceptors (Lipinski definition) is 4. The van der Waals surface area contributed by atoms with E-state index in [0.717, 1.165) is 6.42 Å². The fourth-order valence-electron chi connectivity index (χ4n) is 3.88. The van der Waals surface area contributed by atoms with E-state index in [0.29, 0.717) is 35.1 Å². The Hall–Kier alpha value is -2.99. The van der Waals surface area contributed by atoms with Crippen molar-refractivity contribution in [3.8, 4) is 0 Å². The van der Waals surface area contributed by atoms with Crippen molar-refractivity contribution in [2.24, 2.45) is 11.7 Å². The Morgan fingerprint density at radius 2 is 1.71 bits per heavy atom. The predicted molar refractivity (Wildman–Crippen MR) is 125 cm³/mol. The third kappa shape index (κ3) is 5.20. The van der Waals surface area contributed by atoms with Crippen molar-refractivity contribution < 1.29 is 4.79 Å². The van der Waals surface area contributed by atoms with Gasteiger partial charge in [0.25, 0.3) is 5.56 Å². The fourth-order valence-corrected chi connectivity index (χ4v) is 3.88. The van der Waals surface area contributed by atoms with Gasteiger partial charge in [0.2, 0.25) is 5.91 Å². The van der Waals surface area contributed by atoms with Crippen LogP contribution in [0.1, 0.15) is 63.0 Å². The first kappa shape index (κ1) is 22.7. The maximum atomic E-state index is 13.0. The van der Waals surface area contributed by atoms with E-state index in [2.05, 4.69) is 62.3 Å². The molecule has 3 rings (SSSR count). The van der Waals surface area contributed by atoms with E-state index in [1.165, 1.54) is 15.7 Å². The second-order valence-corrected chi connectivity index (χ2v) is 8.48. The number of nitrogens with two attached hydrogens (primary N) is 1. The summed E-state index contributed by atoms with van der Waals surface area (Å²) in [6, 6.07) is 16.0. The highest BCUT2D eigenvalue weighted by molar-refractivity contribution is 5.78. The molecule has 2 aromatic carbocycles. The summed E-state index contributed by atoms with van der Waals surface area (Å²) in [6.45, 7) is 8.90. The number of benzene rings is 2. The van der Waals surface area contributed by atoms with Crippen molar-refractivity contribution in [1.29, 1.82) is 0 Å². The molecule has 0 spiro atoms. The van der Waals surface area contributed by atoms with E-state index < -0.39 is 5.91 Å². The molecule has 0 saturated carbocycles. The zero-order chi connectivity index (χ0) is 22.5. The molecule has 1 aromatic heterocycles. The molecular formula is C25H32N4O2. The molecular weight excluding hydrogens is 388 g/mol. The van der Waals surface area contributed by atoms with E-state index in [4.69, 9.17) is 5.73 Å². The second-order valence-electron chi connectivity index (χ2n) is 8.48. The third-order valence-corrected chi connectivity index (χ3v) is 5.88. The number of carbonyl (C=O) groups is 1. The number of fused-ring (bicyclic) bond motifs is 1. The zero-order valence-corrected chi connectivity index (χ0v) is 18.8. The van der Waals surface area contributed by atoms with Crippen LogP contribution in [-0.2, 0) is 17.9 Å². The molecule has 31 heavy (non-hydrogen) atoms. The largest absolute Gasteiger partial charge is 0.368 e. The summed E-state index contributed by atoms with van der Waals surface area (Å²) in [7, 11) is 0. The number of para-hydroxylation sites is 1. The van der Waals surface area contributed by atoms with Gasteiger partial charge < -0.3 is 11.1 Å². The average molecular weight is 421 g/mol. The molecule has 0 bridgehead atoms. The maximum absolute atomic E-state index is 13.0. The average Bonchev–Trinajstić information content (AvgIpc) is 2.75. The van der Waals surface area contributed by atoms with Crippen LogP contribution in [0, 0.1) is 5.92 Å². The van der Waals surface area contributed by atoms with E-state index in [-0.39, 0.29) is 18.1 Å². The fraction of sp³-hybridized carbons (Fsp3) is 0.400. The van der Waals surface area contributed by atoms with Crippen LogP contribution < -0.4 is 16.6 Å². The molecule has 0 saturated heterocycles. The summed E-state index contributed by atoms with van der Waals surface area (Å²) in [4.78, 5) is 29.2. The quantitative estimate of drug-likeness (QED) is 0.550. The molecule has 0 aliphatic heterocycles. The van der Waals surface area contributed by atoms with Crippen LogP contribution in [0.5, 0.6) is 0 Å². The first-order valence-corrected chi connectivity index (χ1v) is 10.9. The molecule has 0 unspecified atom stereocenters. The van der Waals surface area contributed by atoms with Gasteiger partial charge in [0.1, 0.15) is 12.4 Å². The maximum Gasteiger partial charge on any atom is 0.261 e. The number of primary amides is 1. The minimum absolute atomic E-state index is 0.0800. The molecule has 6 heteroatoms. The van der Waals surface area contributed by atoms with Gasteiger partial charge in [0, 0.05) is 6.04 Å². The van der Waals surface area contributed by atoms with Crippen molar-refractivity contribution in [2.45, 2.75) is 59.2 Å². The second kappa shape index (κ2) is 9.88. The Labute approximate surface area is 183 Å². The summed E-state index contributed by atoms with van der Waals surface area (Å²) < 4.78 is 1.38. The van der Waals surface area contributed by atoms with Gasteiger partial charge in [0.05, 0.1) is 17.4 Å². The Kier molecular flexibility index (Phi) is 7.23. The van der Waals surface area contributed by atoms with Crippen LogP contribution in [0.2, 0.25) is 0 Å². The summed E-state index contributed by atoms with van der Waals surface area (Å²) in [5.74, 6) is 0.793. The van der Waals surface area contributed by atoms with Crippen LogP contribution in [0.4, 0.5) is 0 Å². The molecule has 0 fully saturated rings. The van der Waals surface area contributed by atoms with Crippen LogP contribution >= 0.6 is 0 Å². The summed E-state index contributed by atoms with van der Waals surface area (Å²) in [5, 5.41) is 4.03. The Balaban J connectivity index is 1.91. The zero-order valence-electron chi connectivity index (χ0n) is 18.8. The third-order valence-electron chi connectivity index (χ3n) is 5.88. The van der Waals surface area contributed by atoms with Gasteiger partial charge in [0.15, 0.2) is 0 Å². The normalized spacial score (nSPS) is 13.5. The number of nitrogens with zero attached hydrogens (tertiary/aromatic N) is 2. The van der Waals surface area contributed by atoms with Crippen molar-refractivity contribution in [2.75, 3.05) is 0 Å². The lowest BCUT2D eigenvalue weighted by molar-refractivity contribution is -0.118. The molecule has 0 radical (unpaired) electrons. The first-order valence-electron chi connectivity index (χ1n) is 10.9. The molecule has 1 amide bonds. The molecule has 164 valence electrons. The van der Waals surface area contributed by atoms with Gasteiger partial charge in [-0.05, 0) is 41.5 Å². The molecule has 2 atom stereocenters. The minimum Gasteiger partial charge on any atom is -0.368 e. The van der Waals surface area contributed by atoms with Gasteiger partial charge in [-0.2, -0.15) is 0 Å². The molecule has 3 N–H and O–H groups in total. The molecule has 6 nitrogen and oxygen atoms in total. The van der Waals surface area contributed by atoms with Crippen LogP contribution in [0.25, 0.3) is 10.9 Å². The smallest absolute Gasteiger partial charge is 0.261 e. The number of rotatable bonds is 9. The number of nitrogens with one attached hydrogen (secondary N) is 1. The van der Waals surface area contributed by atoms with Crippen LogP contribution in [0.15, 0.2) is 53.3 Å².